The van der Waals surface area contributed by atoms with Crippen LogP contribution in [0.3, 0.4) is 0 Å². The molecule has 2 bridgehead atoms. The van der Waals surface area contributed by atoms with E-state index in [0.29, 0.717) is 11.8 Å². The number of benzene rings is 1. The van der Waals surface area contributed by atoms with Gasteiger partial charge in [-0.15, -0.1) is 0 Å². The third-order valence-electron chi connectivity index (χ3n) is 6.34. The SMILES string of the molecule is O=C(Nn1c(O)c2c(c1O)C1CCC2C2CC12)c1ccc(C(F)(F)F)cc1. The lowest BCUT2D eigenvalue weighted by atomic mass is 9.68. The highest BCUT2D eigenvalue weighted by Crippen LogP contribution is 2.70. The number of aromatic hydroxyl groups is 2. The van der Waals surface area contributed by atoms with E-state index >= 15 is 0 Å². The number of rotatable bonds is 2. The molecule has 0 saturated heterocycles. The van der Waals surface area contributed by atoms with Crippen molar-refractivity contribution in [1.29, 1.82) is 0 Å². The van der Waals surface area contributed by atoms with E-state index in [9.17, 15) is 28.2 Å². The Labute approximate surface area is 152 Å². The maximum absolute atomic E-state index is 12.6. The number of nitrogens with zero attached hydrogens (tertiary/aromatic N) is 1. The summed E-state index contributed by atoms with van der Waals surface area (Å²) >= 11 is 0. The predicted octanol–water partition coefficient (Wildman–Crippen LogP) is 3.91. The van der Waals surface area contributed by atoms with Crippen LogP contribution in [0.1, 0.15) is 58.1 Å². The summed E-state index contributed by atoms with van der Waals surface area (Å²) in [4.78, 5) is 12.4. The number of fused-ring (bicyclic) bond motifs is 1. The molecule has 1 amide bonds. The molecule has 8 heteroatoms. The second-order valence-electron chi connectivity index (χ2n) is 7.68. The highest BCUT2D eigenvalue weighted by molar-refractivity contribution is 6.00. The topological polar surface area (TPSA) is 74.5 Å². The van der Waals surface area contributed by atoms with E-state index in [4.69, 9.17) is 0 Å². The van der Waals surface area contributed by atoms with Gasteiger partial charge in [-0.1, -0.05) is 0 Å². The number of aromatic nitrogens is 1. The average molecular weight is 378 g/mol. The first kappa shape index (κ1) is 16.5. The Balaban J connectivity index is 1.45. The maximum atomic E-state index is 12.6. The van der Waals surface area contributed by atoms with Crippen LogP contribution < -0.4 is 5.43 Å². The van der Waals surface area contributed by atoms with Crippen molar-refractivity contribution in [2.75, 3.05) is 5.43 Å². The van der Waals surface area contributed by atoms with Crippen LogP contribution in [-0.2, 0) is 6.18 Å². The van der Waals surface area contributed by atoms with Crippen LogP contribution in [0.4, 0.5) is 13.2 Å². The first-order valence-electron chi connectivity index (χ1n) is 8.92. The van der Waals surface area contributed by atoms with Crippen LogP contribution >= 0.6 is 0 Å². The summed E-state index contributed by atoms with van der Waals surface area (Å²) in [6.45, 7) is 0. The molecule has 4 atom stereocenters. The Morgan fingerprint density at radius 2 is 1.52 bits per heavy atom. The Morgan fingerprint density at radius 1 is 1.00 bits per heavy atom. The summed E-state index contributed by atoms with van der Waals surface area (Å²) in [7, 11) is 0. The highest BCUT2D eigenvalue weighted by atomic mass is 19.4. The van der Waals surface area contributed by atoms with Gasteiger partial charge >= 0.3 is 6.18 Å². The van der Waals surface area contributed by atoms with E-state index in [1.807, 2.05) is 0 Å². The van der Waals surface area contributed by atoms with Gasteiger partial charge in [0.15, 0.2) is 0 Å². The molecular formula is C19H17F3N2O3. The van der Waals surface area contributed by atoms with Gasteiger partial charge in [0, 0.05) is 16.7 Å². The summed E-state index contributed by atoms with van der Waals surface area (Å²) in [6, 6.07) is 3.77. The van der Waals surface area contributed by atoms with Crippen molar-refractivity contribution in [3.8, 4) is 11.8 Å². The number of halogens is 3. The van der Waals surface area contributed by atoms with Crippen LogP contribution in [0.15, 0.2) is 24.3 Å². The van der Waals surface area contributed by atoms with Crippen LogP contribution in [-0.4, -0.2) is 20.8 Å². The normalized spacial score (nSPS) is 27.8. The summed E-state index contributed by atoms with van der Waals surface area (Å²) in [5.74, 6) is 0.422. The molecule has 3 N–H and O–H groups in total. The number of hydrogen-bond acceptors (Lipinski definition) is 3. The molecule has 1 aromatic heterocycles. The lowest BCUT2D eigenvalue weighted by molar-refractivity contribution is -0.137. The molecule has 0 radical (unpaired) electrons. The summed E-state index contributed by atoms with van der Waals surface area (Å²) in [5.41, 5.74) is 2.99. The van der Waals surface area contributed by atoms with Gasteiger partial charge in [0.05, 0.1) is 5.56 Å². The van der Waals surface area contributed by atoms with Crippen molar-refractivity contribution >= 4 is 5.91 Å². The van der Waals surface area contributed by atoms with Gasteiger partial charge < -0.3 is 10.2 Å². The molecule has 2 aromatic rings. The van der Waals surface area contributed by atoms with Crippen molar-refractivity contribution in [3.63, 3.8) is 0 Å². The quantitative estimate of drug-likeness (QED) is 0.742. The average Bonchev–Trinajstić information content (AvgIpc) is 3.42. The van der Waals surface area contributed by atoms with Crippen molar-refractivity contribution in [3.05, 3.63) is 46.5 Å². The molecule has 4 aliphatic carbocycles. The molecule has 1 heterocycles. The molecule has 0 aliphatic heterocycles. The number of carbonyl (C=O) groups is 1. The fourth-order valence-corrected chi connectivity index (χ4v) is 5.06. The van der Waals surface area contributed by atoms with Gasteiger partial charge in [0.1, 0.15) is 0 Å². The lowest BCUT2D eigenvalue weighted by Crippen LogP contribution is -2.22. The van der Waals surface area contributed by atoms with Gasteiger partial charge in [0.25, 0.3) is 5.91 Å². The minimum absolute atomic E-state index is 0.000656. The van der Waals surface area contributed by atoms with Crippen LogP contribution in [0, 0.1) is 11.8 Å². The molecule has 6 rings (SSSR count). The number of amides is 1. The predicted molar refractivity (Wildman–Crippen MR) is 89.2 cm³/mol. The molecule has 4 aliphatic rings. The molecule has 2 saturated carbocycles. The molecule has 1 aromatic carbocycles. The smallest absolute Gasteiger partial charge is 0.416 e. The second kappa shape index (κ2) is 5.21. The molecule has 142 valence electrons. The number of nitrogens with one attached hydrogen (secondary N) is 1. The maximum Gasteiger partial charge on any atom is 0.416 e. The van der Waals surface area contributed by atoms with Crippen LogP contribution in [0.2, 0.25) is 0 Å². The Bertz CT molecular complexity index is 909. The summed E-state index contributed by atoms with van der Waals surface area (Å²) in [5, 5.41) is 21.2. The fourth-order valence-electron chi connectivity index (χ4n) is 5.06. The van der Waals surface area contributed by atoms with Crippen molar-refractivity contribution in [2.45, 2.75) is 37.3 Å². The largest absolute Gasteiger partial charge is 0.493 e. The number of carbonyl (C=O) groups excluding carboxylic acids is 1. The first-order chi connectivity index (χ1) is 12.8. The minimum Gasteiger partial charge on any atom is -0.493 e. The van der Waals surface area contributed by atoms with E-state index in [1.165, 1.54) is 0 Å². The third kappa shape index (κ3) is 2.28. The van der Waals surface area contributed by atoms with Gasteiger partial charge in [-0.2, -0.15) is 17.8 Å². The van der Waals surface area contributed by atoms with Crippen molar-refractivity contribution < 1.29 is 28.2 Å². The van der Waals surface area contributed by atoms with E-state index in [2.05, 4.69) is 5.43 Å². The summed E-state index contributed by atoms with van der Waals surface area (Å²) < 4.78 is 38.9. The van der Waals surface area contributed by atoms with Gasteiger partial charge in [0.2, 0.25) is 11.8 Å². The zero-order valence-electron chi connectivity index (χ0n) is 14.1. The van der Waals surface area contributed by atoms with E-state index in [0.717, 1.165) is 59.3 Å². The van der Waals surface area contributed by atoms with Crippen LogP contribution in [0.25, 0.3) is 0 Å². The van der Waals surface area contributed by atoms with Crippen molar-refractivity contribution in [1.82, 2.24) is 4.68 Å². The third-order valence-corrected chi connectivity index (χ3v) is 6.34. The monoisotopic (exact) mass is 378 g/mol. The zero-order chi connectivity index (χ0) is 19.1. The Hall–Kier alpha value is -2.64. The van der Waals surface area contributed by atoms with E-state index in [-0.39, 0.29) is 29.2 Å². The highest BCUT2D eigenvalue weighted by Gasteiger charge is 2.59. The standard InChI is InChI=1S/C19H17F3N2O3/c20-19(21,22)9-3-1-8(2-4-9)16(25)23-24-17(26)14-10-5-6-11(13-7-12(10)13)15(14)18(24)27/h1-4,10-13,26-27H,5-7H2,(H,23,25). The second-order valence-corrected chi connectivity index (χ2v) is 7.68. The number of alkyl halides is 3. The first-order valence-corrected chi connectivity index (χ1v) is 8.92. The van der Waals surface area contributed by atoms with E-state index in [1.54, 1.807) is 0 Å². The molecule has 0 spiro atoms. The molecule has 2 fully saturated rings. The lowest BCUT2D eigenvalue weighted by Gasteiger charge is -2.35. The molecule has 27 heavy (non-hydrogen) atoms. The van der Waals surface area contributed by atoms with Crippen LogP contribution in [0.5, 0.6) is 11.8 Å². The molecule has 5 nitrogen and oxygen atoms in total. The number of hydrogen-bond donors (Lipinski definition) is 3. The summed E-state index contributed by atoms with van der Waals surface area (Å²) in [6.07, 6.45) is -1.45. The van der Waals surface area contributed by atoms with Crippen molar-refractivity contribution in [2.24, 2.45) is 11.8 Å². The zero-order valence-corrected chi connectivity index (χ0v) is 14.1. The fraction of sp³-hybridized carbons (Fsp3) is 0.421. The molecular weight excluding hydrogens is 361 g/mol. The molecule has 4 unspecified atom stereocenters. The van der Waals surface area contributed by atoms with Gasteiger partial charge in [-0.05, 0) is 67.2 Å². The minimum atomic E-state index is -4.48. The van der Waals surface area contributed by atoms with E-state index < -0.39 is 17.6 Å². The Morgan fingerprint density at radius 3 is 2.00 bits per heavy atom. The van der Waals surface area contributed by atoms with Gasteiger partial charge in [-0.25, -0.2) is 0 Å². The Kier molecular flexibility index (Phi) is 3.19. The van der Waals surface area contributed by atoms with Gasteiger partial charge in [-0.3, -0.25) is 10.2 Å².